The lowest BCUT2D eigenvalue weighted by molar-refractivity contribution is 0.0950. The molecule has 0 aliphatic rings. The van der Waals surface area contributed by atoms with Crippen LogP contribution in [-0.2, 0) is 0 Å². The molecule has 0 aliphatic carbocycles. The van der Waals surface area contributed by atoms with Crippen molar-refractivity contribution in [1.29, 1.82) is 0 Å². The molecule has 0 aliphatic heterocycles. The largest absolute Gasteiger partial charge is 0.289 e. The molecule has 0 saturated heterocycles. The first-order valence-corrected chi connectivity index (χ1v) is 6.72. The molecule has 0 bridgehead atoms. The van der Waals surface area contributed by atoms with Gasteiger partial charge in [0.15, 0.2) is 0 Å². The fourth-order valence-electron chi connectivity index (χ4n) is 1.74. The van der Waals surface area contributed by atoms with Crippen molar-refractivity contribution in [2.24, 2.45) is 5.10 Å². The Morgan fingerprint density at radius 2 is 2.16 bits per heavy atom. The molecule has 0 fully saturated rings. The van der Waals surface area contributed by atoms with Crippen molar-refractivity contribution in [1.82, 2.24) is 10.4 Å². The summed E-state index contributed by atoms with van der Waals surface area (Å²) in [6, 6.07) is 7.26. The van der Waals surface area contributed by atoms with Crippen LogP contribution >= 0.6 is 11.3 Å². The van der Waals surface area contributed by atoms with Gasteiger partial charge in [0.2, 0.25) is 0 Å². The third-order valence-corrected chi connectivity index (χ3v) is 3.62. The second-order valence-electron chi connectivity index (χ2n) is 4.18. The maximum absolute atomic E-state index is 11.8. The van der Waals surface area contributed by atoms with Crippen molar-refractivity contribution >= 4 is 23.0 Å². The molecule has 98 valence electrons. The molecule has 1 amide bonds. The Hall–Kier alpha value is -2.01. The second-order valence-corrected chi connectivity index (χ2v) is 5.64. The fraction of sp³-hybridized carbons (Fsp3) is 0.214. The standard InChI is InChI=1S/C14H15N3OS/c1-9-8-12(11(3)19-9)10(2)16-17-14(18)13-6-4-5-7-15-13/h4-8H,1-3H3,(H,17,18)/b16-10-. The molecule has 1 N–H and O–H groups in total. The normalized spacial score (nSPS) is 11.4. The molecule has 0 radical (unpaired) electrons. The van der Waals surface area contributed by atoms with Crippen LogP contribution in [0.5, 0.6) is 0 Å². The highest BCUT2D eigenvalue weighted by atomic mass is 32.1. The third-order valence-electron chi connectivity index (χ3n) is 2.65. The molecule has 19 heavy (non-hydrogen) atoms. The van der Waals surface area contributed by atoms with Crippen LogP contribution in [0.15, 0.2) is 35.6 Å². The number of rotatable bonds is 3. The average molecular weight is 273 g/mol. The number of aryl methyl sites for hydroxylation is 2. The van der Waals surface area contributed by atoms with E-state index in [2.05, 4.69) is 28.5 Å². The first kappa shape index (κ1) is 13.4. The summed E-state index contributed by atoms with van der Waals surface area (Å²) in [4.78, 5) is 18.2. The molecule has 0 spiro atoms. The van der Waals surface area contributed by atoms with Crippen LogP contribution in [0.1, 0.15) is 32.7 Å². The molecule has 5 heteroatoms. The number of hydrogen-bond acceptors (Lipinski definition) is 4. The monoisotopic (exact) mass is 273 g/mol. The minimum atomic E-state index is -0.301. The van der Waals surface area contributed by atoms with Crippen LogP contribution in [0, 0.1) is 13.8 Å². The van der Waals surface area contributed by atoms with Crippen molar-refractivity contribution in [3.8, 4) is 0 Å². The van der Waals surface area contributed by atoms with E-state index >= 15 is 0 Å². The van der Waals surface area contributed by atoms with Crippen LogP contribution in [0.4, 0.5) is 0 Å². The van der Waals surface area contributed by atoms with E-state index in [9.17, 15) is 4.79 Å². The molecule has 2 aromatic heterocycles. The maximum Gasteiger partial charge on any atom is 0.289 e. The number of thiophene rings is 1. The number of aromatic nitrogens is 1. The van der Waals surface area contributed by atoms with Gasteiger partial charge in [-0.05, 0) is 39.0 Å². The van der Waals surface area contributed by atoms with E-state index in [1.165, 1.54) is 9.75 Å². The summed E-state index contributed by atoms with van der Waals surface area (Å²) in [6.45, 7) is 5.99. The van der Waals surface area contributed by atoms with Crippen molar-refractivity contribution in [3.05, 3.63) is 51.5 Å². The lowest BCUT2D eigenvalue weighted by Crippen LogP contribution is -2.20. The van der Waals surface area contributed by atoms with Crippen molar-refractivity contribution in [3.63, 3.8) is 0 Å². The number of hydrazone groups is 1. The number of carbonyl (C=O) groups excluding carboxylic acids is 1. The number of pyridine rings is 1. The van der Waals surface area contributed by atoms with Gasteiger partial charge in [0.25, 0.3) is 5.91 Å². The number of nitrogens with one attached hydrogen (secondary N) is 1. The van der Waals surface area contributed by atoms with Gasteiger partial charge in [0.05, 0.1) is 5.71 Å². The van der Waals surface area contributed by atoms with Crippen LogP contribution in [-0.4, -0.2) is 16.6 Å². The molecule has 4 nitrogen and oxygen atoms in total. The lowest BCUT2D eigenvalue weighted by atomic mass is 10.2. The number of amides is 1. The zero-order valence-electron chi connectivity index (χ0n) is 11.1. The second kappa shape index (κ2) is 5.75. The van der Waals surface area contributed by atoms with E-state index in [1.54, 1.807) is 35.7 Å². The van der Waals surface area contributed by atoms with Gasteiger partial charge in [-0.1, -0.05) is 6.07 Å². The number of carbonyl (C=O) groups is 1. The quantitative estimate of drug-likeness (QED) is 0.690. The zero-order valence-corrected chi connectivity index (χ0v) is 11.9. The van der Waals surface area contributed by atoms with Crippen molar-refractivity contribution in [2.75, 3.05) is 0 Å². The molecule has 2 rings (SSSR count). The minimum absolute atomic E-state index is 0.301. The molecule has 0 saturated carbocycles. The van der Waals surface area contributed by atoms with Gasteiger partial charge >= 0.3 is 0 Å². The van der Waals surface area contributed by atoms with Gasteiger partial charge in [-0.3, -0.25) is 9.78 Å². The molecule has 0 aromatic carbocycles. The number of nitrogens with zero attached hydrogens (tertiary/aromatic N) is 2. The van der Waals surface area contributed by atoms with Crippen LogP contribution < -0.4 is 5.43 Å². The molecular weight excluding hydrogens is 258 g/mol. The van der Waals surface area contributed by atoms with Gasteiger partial charge in [0.1, 0.15) is 5.69 Å². The highest BCUT2D eigenvalue weighted by molar-refractivity contribution is 7.12. The Morgan fingerprint density at radius 1 is 1.37 bits per heavy atom. The van der Waals surface area contributed by atoms with Gasteiger partial charge in [0, 0.05) is 21.5 Å². The minimum Gasteiger partial charge on any atom is -0.266 e. The van der Waals surface area contributed by atoms with Crippen LogP contribution in [0.3, 0.4) is 0 Å². The van der Waals surface area contributed by atoms with Gasteiger partial charge in [-0.15, -0.1) is 11.3 Å². The molecule has 0 atom stereocenters. The lowest BCUT2D eigenvalue weighted by Gasteiger charge is -2.01. The average Bonchev–Trinajstić information content (AvgIpc) is 2.75. The summed E-state index contributed by atoms with van der Waals surface area (Å²) in [5, 5.41) is 4.13. The summed E-state index contributed by atoms with van der Waals surface area (Å²) in [7, 11) is 0. The predicted molar refractivity (Wildman–Crippen MR) is 77.7 cm³/mol. The van der Waals surface area contributed by atoms with E-state index < -0.39 is 0 Å². The highest BCUT2D eigenvalue weighted by Crippen LogP contribution is 2.21. The summed E-state index contributed by atoms with van der Waals surface area (Å²) >= 11 is 1.72. The smallest absolute Gasteiger partial charge is 0.266 e. The molecule has 0 unspecified atom stereocenters. The Bertz CT molecular complexity index is 617. The highest BCUT2D eigenvalue weighted by Gasteiger charge is 2.08. The SMILES string of the molecule is C/C(=N/NC(=O)c1ccccn1)c1cc(C)sc1C. The van der Waals surface area contributed by atoms with Gasteiger partial charge in [-0.2, -0.15) is 5.10 Å². The Morgan fingerprint density at radius 3 is 2.74 bits per heavy atom. The van der Waals surface area contributed by atoms with Crippen molar-refractivity contribution in [2.45, 2.75) is 20.8 Å². The van der Waals surface area contributed by atoms with Crippen molar-refractivity contribution < 1.29 is 4.79 Å². The van der Waals surface area contributed by atoms with Gasteiger partial charge in [-0.25, -0.2) is 5.43 Å². The van der Waals surface area contributed by atoms with E-state index in [-0.39, 0.29) is 5.91 Å². The third kappa shape index (κ3) is 3.26. The zero-order chi connectivity index (χ0) is 13.8. The number of hydrogen-bond donors (Lipinski definition) is 1. The Balaban J connectivity index is 2.11. The fourth-order valence-corrected chi connectivity index (χ4v) is 2.72. The topological polar surface area (TPSA) is 54.4 Å². The van der Waals surface area contributed by atoms with Crippen LogP contribution in [0.25, 0.3) is 0 Å². The predicted octanol–water partition coefficient (Wildman–Crippen LogP) is 2.91. The first-order chi connectivity index (χ1) is 9.08. The van der Waals surface area contributed by atoms with E-state index in [4.69, 9.17) is 0 Å². The molecule has 2 aromatic rings. The Labute approximate surface area is 116 Å². The summed E-state index contributed by atoms with van der Waals surface area (Å²) in [6.07, 6.45) is 1.58. The van der Waals surface area contributed by atoms with E-state index in [0.29, 0.717) is 5.69 Å². The van der Waals surface area contributed by atoms with E-state index in [1.807, 2.05) is 13.8 Å². The molecular formula is C14H15N3OS. The van der Waals surface area contributed by atoms with Gasteiger partial charge < -0.3 is 0 Å². The molecule has 2 heterocycles. The summed E-state index contributed by atoms with van der Waals surface area (Å²) in [5.74, 6) is -0.301. The summed E-state index contributed by atoms with van der Waals surface area (Å²) < 4.78 is 0. The Kier molecular flexibility index (Phi) is 4.06. The maximum atomic E-state index is 11.8. The first-order valence-electron chi connectivity index (χ1n) is 5.91. The van der Waals surface area contributed by atoms with Crippen LogP contribution in [0.2, 0.25) is 0 Å². The van der Waals surface area contributed by atoms with E-state index in [0.717, 1.165) is 11.3 Å². The summed E-state index contributed by atoms with van der Waals surface area (Å²) in [5.41, 5.74) is 4.75.